The summed E-state index contributed by atoms with van der Waals surface area (Å²) in [5, 5.41) is 3.47. The van der Waals surface area contributed by atoms with E-state index in [9.17, 15) is 0 Å². The molecule has 16 heavy (non-hydrogen) atoms. The summed E-state index contributed by atoms with van der Waals surface area (Å²) in [5.41, 5.74) is 7.67. The molecule has 0 aliphatic rings. The molecular formula is C13H22N2O. The highest BCUT2D eigenvalue weighted by atomic mass is 16.5. The topological polar surface area (TPSA) is 47.3 Å². The van der Waals surface area contributed by atoms with Crippen LogP contribution in [0.1, 0.15) is 33.1 Å². The number of rotatable bonds is 6. The van der Waals surface area contributed by atoms with Crippen molar-refractivity contribution in [3.8, 4) is 5.75 Å². The molecule has 1 atom stereocenters. The summed E-state index contributed by atoms with van der Waals surface area (Å²) in [6.07, 6.45) is 3.44. The number of ether oxygens (including phenoxy) is 1. The van der Waals surface area contributed by atoms with Gasteiger partial charge in [0.05, 0.1) is 18.5 Å². The maximum absolute atomic E-state index is 5.93. The minimum Gasteiger partial charge on any atom is -0.497 e. The van der Waals surface area contributed by atoms with E-state index in [2.05, 4.69) is 19.2 Å². The second-order valence-electron chi connectivity index (χ2n) is 3.99. The smallest absolute Gasteiger partial charge is 0.121 e. The summed E-state index contributed by atoms with van der Waals surface area (Å²) in [7, 11) is 1.67. The van der Waals surface area contributed by atoms with E-state index in [1.807, 2.05) is 18.2 Å². The third-order valence-corrected chi connectivity index (χ3v) is 2.75. The lowest BCUT2D eigenvalue weighted by molar-refractivity contribution is 0.415. The fourth-order valence-corrected chi connectivity index (χ4v) is 1.73. The van der Waals surface area contributed by atoms with Gasteiger partial charge in [-0.1, -0.05) is 20.3 Å². The molecule has 1 aromatic rings. The molecule has 0 amide bonds. The van der Waals surface area contributed by atoms with Gasteiger partial charge < -0.3 is 15.8 Å². The zero-order valence-electron chi connectivity index (χ0n) is 10.4. The van der Waals surface area contributed by atoms with Gasteiger partial charge in [-0.3, -0.25) is 0 Å². The molecule has 90 valence electrons. The normalized spacial score (nSPS) is 12.2. The molecule has 0 radical (unpaired) electrons. The van der Waals surface area contributed by atoms with Crippen molar-refractivity contribution in [1.29, 1.82) is 0 Å². The standard InChI is InChI=1S/C13H22N2O/c1-4-6-10(5-2)15-13-9-11(16-3)7-8-12(13)14/h7-10,15H,4-6,14H2,1-3H3. The van der Waals surface area contributed by atoms with Crippen LogP contribution in [0.4, 0.5) is 11.4 Å². The molecule has 0 saturated heterocycles. The zero-order chi connectivity index (χ0) is 12.0. The predicted molar refractivity (Wildman–Crippen MR) is 70.0 cm³/mol. The van der Waals surface area contributed by atoms with Crippen LogP contribution in [0.5, 0.6) is 5.75 Å². The summed E-state index contributed by atoms with van der Waals surface area (Å²) < 4.78 is 5.19. The molecule has 0 fully saturated rings. The summed E-state index contributed by atoms with van der Waals surface area (Å²) in [4.78, 5) is 0. The first-order valence-corrected chi connectivity index (χ1v) is 5.91. The van der Waals surface area contributed by atoms with Gasteiger partial charge in [-0.25, -0.2) is 0 Å². The van der Waals surface area contributed by atoms with Gasteiger partial charge in [0.2, 0.25) is 0 Å². The van der Waals surface area contributed by atoms with Crippen LogP contribution in [0.15, 0.2) is 18.2 Å². The number of nitrogen functional groups attached to an aromatic ring is 1. The highest BCUT2D eigenvalue weighted by Gasteiger charge is 2.07. The van der Waals surface area contributed by atoms with Crippen LogP contribution in [-0.2, 0) is 0 Å². The van der Waals surface area contributed by atoms with Crippen molar-refractivity contribution in [3.05, 3.63) is 18.2 Å². The Morgan fingerprint density at radius 2 is 2.12 bits per heavy atom. The molecule has 3 nitrogen and oxygen atoms in total. The summed E-state index contributed by atoms with van der Waals surface area (Å²) in [6, 6.07) is 6.19. The summed E-state index contributed by atoms with van der Waals surface area (Å²) >= 11 is 0. The first kappa shape index (κ1) is 12.7. The average Bonchev–Trinajstić information content (AvgIpc) is 2.31. The van der Waals surface area contributed by atoms with Gasteiger partial charge >= 0.3 is 0 Å². The van der Waals surface area contributed by atoms with E-state index < -0.39 is 0 Å². The van der Waals surface area contributed by atoms with Crippen molar-refractivity contribution in [2.24, 2.45) is 0 Å². The lowest BCUT2D eigenvalue weighted by Gasteiger charge is -2.19. The highest BCUT2D eigenvalue weighted by molar-refractivity contribution is 5.68. The lowest BCUT2D eigenvalue weighted by atomic mass is 10.1. The Bertz CT molecular complexity index is 326. The third-order valence-electron chi connectivity index (χ3n) is 2.75. The van der Waals surface area contributed by atoms with Crippen LogP contribution >= 0.6 is 0 Å². The van der Waals surface area contributed by atoms with Gasteiger partial charge in [0.15, 0.2) is 0 Å². The Hall–Kier alpha value is -1.38. The molecule has 1 unspecified atom stereocenters. The van der Waals surface area contributed by atoms with Gasteiger partial charge in [-0.05, 0) is 25.0 Å². The number of nitrogens with one attached hydrogen (secondary N) is 1. The van der Waals surface area contributed by atoms with Gasteiger partial charge in [0, 0.05) is 12.1 Å². The van der Waals surface area contributed by atoms with Gasteiger partial charge in [-0.15, -0.1) is 0 Å². The number of anilines is 2. The molecule has 0 spiro atoms. The Labute approximate surface area is 98.0 Å². The Morgan fingerprint density at radius 1 is 1.38 bits per heavy atom. The summed E-state index contributed by atoms with van der Waals surface area (Å²) in [5.74, 6) is 0.836. The van der Waals surface area contributed by atoms with Crippen molar-refractivity contribution in [2.75, 3.05) is 18.2 Å². The van der Waals surface area contributed by atoms with Crippen molar-refractivity contribution in [3.63, 3.8) is 0 Å². The monoisotopic (exact) mass is 222 g/mol. The molecule has 0 aromatic heterocycles. The first-order valence-electron chi connectivity index (χ1n) is 5.91. The molecular weight excluding hydrogens is 200 g/mol. The third kappa shape index (κ3) is 3.33. The molecule has 1 aromatic carbocycles. The van der Waals surface area contributed by atoms with Crippen LogP contribution < -0.4 is 15.8 Å². The van der Waals surface area contributed by atoms with Crippen LogP contribution in [0.2, 0.25) is 0 Å². The van der Waals surface area contributed by atoms with Crippen LogP contribution in [0, 0.1) is 0 Å². The second kappa shape index (κ2) is 6.26. The number of nitrogens with two attached hydrogens (primary N) is 1. The van der Waals surface area contributed by atoms with E-state index >= 15 is 0 Å². The molecule has 0 bridgehead atoms. The van der Waals surface area contributed by atoms with E-state index in [1.54, 1.807) is 7.11 Å². The molecule has 0 aliphatic carbocycles. The predicted octanol–water partition coefficient (Wildman–Crippen LogP) is 3.27. The van der Waals surface area contributed by atoms with Gasteiger partial charge in [-0.2, -0.15) is 0 Å². The quantitative estimate of drug-likeness (QED) is 0.726. The Morgan fingerprint density at radius 3 is 2.69 bits per heavy atom. The minimum absolute atomic E-state index is 0.486. The summed E-state index contributed by atoms with van der Waals surface area (Å²) in [6.45, 7) is 4.38. The Balaban J connectivity index is 2.77. The van der Waals surface area contributed by atoms with Crippen LogP contribution in [0.3, 0.4) is 0 Å². The van der Waals surface area contributed by atoms with Crippen molar-refractivity contribution < 1.29 is 4.74 Å². The lowest BCUT2D eigenvalue weighted by Crippen LogP contribution is -2.18. The van der Waals surface area contributed by atoms with E-state index in [-0.39, 0.29) is 0 Å². The first-order chi connectivity index (χ1) is 7.71. The minimum atomic E-state index is 0.486. The molecule has 0 aliphatic heterocycles. The maximum atomic E-state index is 5.93. The van der Waals surface area contributed by atoms with Crippen molar-refractivity contribution >= 4 is 11.4 Å². The number of hydrogen-bond donors (Lipinski definition) is 2. The molecule has 0 heterocycles. The maximum Gasteiger partial charge on any atom is 0.121 e. The van der Waals surface area contributed by atoms with Crippen LogP contribution in [-0.4, -0.2) is 13.2 Å². The van der Waals surface area contributed by atoms with E-state index in [4.69, 9.17) is 10.5 Å². The zero-order valence-corrected chi connectivity index (χ0v) is 10.4. The number of benzene rings is 1. The van der Waals surface area contributed by atoms with Crippen molar-refractivity contribution in [1.82, 2.24) is 0 Å². The fraction of sp³-hybridized carbons (Fsp3) is 0.538. The van der Waals surface area contributed by atoms with E-state index in [1.165, 1.54) is 6.42 Å². The number of methoxy groups -OCH3 is 1. The molecule has 0 saturated carbocycles. The second-order valence-corrected chi connectivity index (χ2v) is 3.99. The van der Waals surface area contributed by atoms with Gasteiger partial charge in [0.1, 0.15) is 5.75 Å². The molecule has 3 heteroatoms. The van der Waals surface area contributed by atoms with E-state index in [0.29, 0.717) is 6.04 Å². The largest absolute Gasteiger partial charge is 0.497 e. The van der Waals surface area contributed by atoms with Gasteiger partial charge in [0.25, 0.3) is 0 Å². The SMILES string of the molecule is CCCC(CC)Nc1cc(OC)ccc1N. The average molecular weight is 222 g/mol. The van der Waals surface area contributed by atoms with Crippen LogP contribution in [0.25, 0.3) is 0 Å². The fourth-order valence-electron chi connectivity index (χ4n) is 1.73. The Kier molecular flexibility index (Phi) is 4.96. The molecule has 3 N–H and O–H groups in total. The van der Waals surface area contributed by atoms with E-state index in [0.717, 1.165) is 30.0 Å². The molecule has 1 rings (SSSR count). The number of hydrogen-bond acceptors (Lipinski definition) is 3. The highest BCUT2D eigenvalue weighted by Crippen LogP contribution is 2.26. The van der Waals surface area contributed by atoms with Crippen molar-refractivity contribution in [2.45, 2.75) is 39.2 Å².